The topological polar surface area (TPSA) is 53.5 Å². The summed E-state index contributed by atoms with van der Waals surface area (Å²) in [4.78, 5) is 0. The summed E-state index contributed by atoms with van der Waals surface area (Å²) in [5.74, 6) is 0. The lowest BCUT2D eigenvalue weighted by Crippen LogP contribution is -2.53. The summed E-state index contributed by atoms with van der Waals surface area (Å²) in [5, 5.41) is 16.5. The maximum atomic E-state index is 9.71. The Kier molecular flexibility index (Phi) is 6.57. The predicted octanol–water partition coefficient (Wildman–Crippen LogP) is 1.98. The lowest BCUT2D eigenvalue weighted by atomic mass is 9.90. The quantitative estimate of drug-likeness (QED) is 0.638. The zero-order valence-corrected chi connectivity index (χ0v) is 12.3. The van der Waals surface area contributed by atoms with E-state index in [0.717, 1.165) is 19.3 Å². The monoisotopic (exact) mass is 258 g/mol. The predicted molar refractivity (Wildman–Crippen MR) is 74.3 cm³/mol. The first-order valence-corrected chi connectivity index (χ1v) is 7.24. The summed E-state index contributed by atoms with van der Waals surface area (Å²) in [7, 11) is 0. The molecule has 108 valence electrons. The second kappa shape index (κ2) is 7.43. The minimum Gasteiger partial charge on any atom is -0.379 e. The van der Waals surface area contributed by atoms with Gasteiger partial charge in [-0.1, -0.05) is 19.8 Å². The van der Waals surface area contributed by atoms with Gasteiger partial charge in [-0.3, -0.25) is 10.6 Å². The molecule has 1 aliphatic rings. The smallest absolute Gasteiger partial charge is 0.104 e. The number of rotatable bonds is 6. The van der Waals surface area contributed by atoms with Gasteiger partial charge in [0.2, 0.25) is 0 Å². The van der Waals surface area contributed by atoms with E-state index in [9.17, 15) is 5.11 Å². The van der Waals surface area contributed by atoms with Gasteiger partial charge < -0.3 is 9.84 Å². The molecule has 18 heavy (non-hydrogen) atoms. The molecule has 0 spiro atoms. The number of hydrogen-bond donors (Lipinski definition) is 3. The van der Waals surface area contributed by atoms with Crippen molar-refractivity contribution < 1.29 is 9.84 Å². The minimum absolute atomic E-state index is 0.104. The van der Waals surface area contributed by atoms with Crippen LogP contribution in [0.5, 0.6) is 0 Å². The van der Waals surface area contributed by atoms with Crippen LogP contribution < -0.4 is 10.6 Å². The van der Waals surface area contributed by atoms with Crippen LogP contribution in [0.4, 0.5) is 0 Å². The molecule has 0 aromatic rings. The van der Waals surface area contributed by atoms with Crippen LogP contribution in [-0.2, 0) is 4.74 Å². The van der Waals surface area contributed by atoms with Gasteiger partial charge in [0.25, 0.3) is 0 Å². The van der Waals surface area contributed by atoms with E-state index in [-0.39, 0.29) is 11.8 Å². The van der Waals surface area contributed by atoms with E-state index in [1.165, 1.54) is 12.8 Å². The first-order valence-electron chi connectivity index (χ1n) is 7.24. The van der Waals surface area contributed by atoms with Crippen molar-refractivity contribution in [2.24, 2.45) is 0 Å². The Morgan fingerprint density at radius 1 is 1.22 bits per heavy atom. The van der Waals surface area contributed by atoms with Crippen LogP contribution in [0, 0.1) is 0 Å². The van der Waals surface area contributed by atoms with E-state index >= 15 is 0 Å². The standard InChI is InChI=1S/C14H30N2O2/c1-5-13(17)16-12-9-7-6-8-11(12)15-10-18-14(2,3)4/h11-13,15-17H,5-10H2,1-4H3. The molecule has 4 heteroatoms. The molecule has 0 aromatic carbocycles. The Hall–Kier alpha value is -0.160. The van der Waals surface area contributed by atoms with Crippen LogP contribution in [0.1, 0.15) is 59.8 Å². The fourth-order valence-corrected chi connectivity index (χ4v) is 2.30. The Labute approximate surface area is 111 Å². The highest BCUT2D eigenvalue weighted by atomic mass is 16.5. The van der Waals surface area contributed by atoms with Crippen molar-refractivity contribution in [3.8, 4) is 0 Å². The molecule has 4 nitrogen and oxygen atoms in total. The highest BCUT2D eigenvalue weighted by Crippen LogP contribution is 2.19. The summed E-state index contributed by atoms with van der Waals surface area (Å²) >= 11 is 0. The molecule has 1 rings (SSSR count). The molecular weight excluding hydrogens is 228 g/mol. The lowest BCUT2D eigenvalue weighted by Gasteiger charge is -2.35. The molecule has 3 atom stereocenters. The summed E-state index contributed by atoms with van der Waals surface area (Å²) in [6.45, 7) is 8.75. The van der Waals surface area contributed by atoms with E-state index in [2.05, 4.69) is 31.4 Å². The van der Waals surface area contributed by atoms with Gasteiger partial charge in [0.1, 0.15) is 6.23 Å². The van der Waals surface area contributed by atoms with Crippen LogP contribution in [-0.4, -0.2) is 35.7 Å². The van der Waals surface area contributed by atoms with Gasteiger partial charge in [-0.25, -0.2) is 0 Å². The molecule has 0 aliphatic heterocycles. The SMILES string of the molecule is CCC(O)NC1CCCCC1NCOC(C)(C)C. The summed E-state index contributed by atoms with van der Waals surface area (Å²) in [6, 6.07) is 0.763. The zero-order chi connectivity index (χ0) is 13.6. The third-order valence-corrected chi connectivity index (χ3v) is 3.41. The third-order valence-electron chi connectivity index (χ3n) is 3.41. The summed E-state index contributed by atoms with van der Waals surface area (Å²) in [6.07, 6.45) is 5.15. The van der Waals surface area contributed by atoms with Crippen LogP contribution in [0.3, 0.4) is 0 Å². The van der Waals surface area contributed by atoms with Crippen LogP contribution in [0.2, 0.25) is 0 Å². The average molecular weight is 258 g/mol. The lowest BCUT2D eigenvalue weighted by molar-refractivity contribution is -0.0220. The number of ether oxygens (including phenoxy) is 1. The maximum absolute atomic E-state index is 9.71. The first kappa shape index (κ1) is 15.9. The normalized spacial score (nSPS) is 27.2. The van der Waals surface area contributed by atoms with Crippen molar-refractivity contribution >= 4 is 0 Å². The van der Waals surface area contributed by atoms with Gasteiger partial charge in [0, 0.05) is 12.1 Å². The molecular formula is C14H30N2O2. The van der Waals surface area contributed by atoms with Gasteiger partial charge in [-0.05, 0) is 40.0 Å². The van der Waals surface area contributed by atoms with E-state index in [4.69, 9.17) is 4.74 Å². The number of hydrogen-bond acceptors (Lipinski definition) is 4. The second-order valence-electron chi connectivity index (χ2n) is 6.19. The molecule has 0 radical (unpaired) electrons. The van der Waals surface area contributed by atoms with Crippen LogP contribution in [0.25, 0.3) is 0 Å². The molecule has 1 aliphatic carbocycles. The van der Waals surface area contributed by atoms with E-state index in [1.54, 1.807) is 0 Å². The fourth-order valence-electron chi connectivity index (χ4n) is 2.30. The highest BCUT2D eigenvalue weighted by Gasteiger charge is 2.26. The Bertz CT molecular complexity index is 228. The van der Waals surface area contributed by atoms with Crippen molar-refractivity contribution in [1.29, 1.82) is 0 Å². The summed E-state index contributed by atoms with van der Waals surface area (Å²) < 4.78 is 5.71. The van der Waals surface area contributed by atoms with Gasteiger partial charge in [0.15, 0.2) is 0 Å². The van der Waals surface area contributed by atoms with E-state index in [1.807, 2.05) is 6.92 Å². The fraction of sp³-hybridized carbons (Fsp3) is 1.00. The van der Waals surface area contributed by atoms with E-state index < -0.39 is 0 Å². The largest absolute Gasteiger partial charge is 0.379 e. The third kappa shape index (κ3) is 6.14. The molecule has 0 saturated heterocycles. The van der Waals surface area contributed by atoms with Crippen molar-refractivity contribution in [1.82, 2.24) is 10.6 Å². The number of aliphatic hydroxyl groups excluding tert-OH is 1. The summed E-state index contributed by atoms with van der Waals surface area (Å²) in [5.41, 5.74) is -0.104. The number of nitrogens with one attached hydrogen (secondary N) is 2. The Balaban J connectivity index is 2.35. The first-order chi connectivity index (χ1) is 8.42. The van der Waals surface area contributed by atoms with Gasteiger partial charge >= 0.3 is 0 Å². The maximum Gasteiger partial charge on any atom is 0.104 e. The Morgan fingerprint density at radius 2 is 1.83 bits per heavy atom. The second-order valence-corrected chi connectivity index (χ2v) is 6.19. The molecule has 1 saturated carbocycles. The molecule has 3 unspecified atom stereocenters. The van der Waals surface area contributed by atoms with Gasteiger partial charge in [0.05, 0.1) is 12.3 Å². The molecule has 3 N–H and O–H groups in total. The van der Waals surface area contributed by atoms with Gasteiger partial charge in [-0.15, -0.1) is 0 Å². The molecule has 1 fully saturated rings. The molecule has 0 aromatic heterocycles. The molecule has 0 amide bonds. The average Bonchev–Trinajstić information content (AvgIpc) is 2.29. The van der Waals surface area contributed by atoms with Crippen molar-refractivity contribution in [3.05, 3.63) is 0 Å². The minimum atomic E-state index is -0.388. The van der Waals surface area contributed by atoms with E-state index in [0.29, 0.717) is 18.8 Å². The highest BCUT2D eigenvalue weighted by molar-refractivity contribution is 4.86. The Morgan fingerprint density at radius 3 is 2.39 bits per heavy atom. The van der Waals surface area contributed by atoms with Gasteiger partial charge in [-0.2, -0.15) is 0 Å². The molecule has 0 bridgehead atoms. The van der Waals surface area contributed by atoms with Crippen molar-refractivity contribution in [2.45, 2.75) is 83.7 Å². The van der Waals surface area contributed by atoms with Crippen molar-refractivity contribution in [2.75, 3.05) is 6.73 Å². The molecule has 0 heterocycles. The van der Waals surface area contributed by atoms with Crippen LogP contribution >= 0.6 is 0 Å². The van der Waals surface area contributed by atoms with Crippen LogP contribution in [0.15, 0.2) is 0 Å². The zero-order valence-electron chi connectivity index (χ0n) is 12.3. The number of aliphatic hydroxyl groups is 1. The van der Waals surface area contributed by atoms with Crippen molar-refractivity contribution in [3.63, 3.8) is 0 Å².